The normalized spacial score (nSPS) is 16.3. The summed E-state index contributed by atoms with van der Waals surface area (Å²) in [6.45, 7) is 1.51. The maximum Gasteiger partial charge on any atom is 0.152 e. The number of halogens is 1. The summed E-state index contributed by atoms with van der Waals surface area (Å²) in [6.07, 6.45) is 0.896. The van der Waals surface area contributed by atoms with Crippen molar-refractivity contribution in [2.45, 2.75) is 6.10 Å². The first-order valence-electron chi connectivity index (χ1n) is 4.77. The second kappa shape index (κ2) is 3.98. The van der Waals surface area contributed by atoms with E-state index in [4.69, 9.17) is 4.74 Å². The highest BCUT2D eigenvalue weighted by Crippen LogP contribution is 2.25. The molecule has 0 radical (unpaired) electrons. The van der Waals surface area contributed by atoms with Crippen molar-refractivity contribution in [3.05, 3.63) is 29.6 Å². The SMILES string of the molecule is COC1CN(c2ccc(F)cc2C=O)C1. The van der Waals surface area contributed by atoms with Crippen LogP contribution in [-0.4, -0.2) is 32.6 Å². The van der Waals surface area contributed by atoms with Crippen LogP contribution in [0.3, 0.4) is 0 Å². The zero-order valence-corrected chi connectivity index (χ0v) is 8.44. The average molecular weight is 209 g/mol. The predicted octanol–water partition coefficient (Wildman–Crippen LogP) is 1.47. The molecule has 0 N–H and O–H groups in total. The Hall–Kier alpha value is -1.42. The Balaban J connectivity index is 2.18. The summed E-state index contributed by atoms with van der Waals surface area (Å²) in [5.41, 5.74) is 1.17. The summed E-state index contributed by atoms with van der Waals surface area (Å²) in [6, 6.07) is 4.25. The number of methoxy groups -OCH3 is 1. The van der Waals surface area contributed by atoms with Gasteiger partial charge in [0, 0.05) is 31.5 Å². The van der Waals surface area contributed by atoms with E-state index >= 15 is 0 Å². The highest BCUT2D eigenvalue weighted by molar-refractivity contribution is 5.85. The lowest BCUT2D eigenvalue weighted by Crippen LogP contribution is -2.52. The molecule has 1 aliphatic rings. The van der Waals surface area contributed by atoms with E-state index in [2.05, 4.69) is 0 Å². The van der Waals surface area contributed by atoms with Gasteiger partial charge < -0.3 is 9.64 Å². The van der Waals surface area contributed by atoms with Crippen molar-refractivity contribution in [3.8, 4) is 0 Å². The molecule has 0 saturated carbocycles. The van der Waals surface area contributed by atoms with Crippen molar-refractivity contribution in [1.82, 2.24) is 0 Å². The Kier molecular flexibility index (Phi) is 2.68. The summed E-state index contributed by atoms with van der Waals surface area (Å²) in [7, 11) is 1.66. The second-order valence-electron chi connectivity index (χ2n) is 3.58. The third-order valence-electron chi connectivity index (χ3n) is 2.64. The molecule has 0 aromatic heterocycles. The van der Waals surface area contributed by atoms with E-state index in [-0.39, 0.29) is 11.9 Å². The monoisotopic (exact) mass is 209 g/mol. The summed E-state index contributed by atoms with van der Waals surface area (Å²) in [5, 5.41) is 0. The Morgan fingerprint density at radius 1 is 1.53 bits per heavy atom. The van der Waals surface area contributed by atoms with Crippen molar-refractivity contribution in [2.75, 3.05) is 25.1 Å². The fourth-order valence-corrected chi connectivity index (χ4v) is 1.69. The molecule has 2 rings (SSSR count). The van der Waals surface area contributed by atoms with Crippen LogP contribution in [0.4, 0.5) is 10.1 Å². The van der Waals surface area contributed by atoms with Crippen LogP contribution in [0.15, 0.2) is 18.2 Å². The van der Waals surface area contributed by atoms with Gasteiger partial charge in [-0.1, -0.05) is 0 Å². The number of aldehydes is 1. The molecule has 1 heterocycles. The van der Waals surface area contributed by atoms with Crippen LogP contribution < -0.4 is 4.90 Å². The van der Waals surface area contributed by atoms with Crippen LogP contribution in [0.1, 0.15) is 10.4 Å². The van der Waals surface area contributed by atoms with Gasteiger partial charge in [0.05, 0.1) is 6.10 Å². The minimum atomic E-state index is -0.385. The number of nitrogens with zero attached hydrogens (tertiary/aromatic N) is 1. The number of benzene rings is 1. The van der Waals surface area contributed by atoms with E-state index in [1.54, 1.807) is 13.2 Å². The molecule has 0 bridgehead atoms. The lowest BCUT2D eigenvalue weighted by atomic mass is 10.1. The zero-order chi connectivity index (χ0) is 10.8. The third-order valence-corrected chi connectivity index (χ3v) is 2.64. The van der Waals surface area contributed by atoms with Gasteiger partial charge in [-0.15, -0.1) is 0 Å². The molecule has 15 heavy (non-hydrogen) atoms. The lowest BCUT2D eigenvalue weighted by molar-refractivity contribution is 0.0786. The third kappa shape index (κ3) is 1.85. The van der Waals surface area contributed by atoms with Gasteiger partial charge in [0.1, 0.15) is 5.82 Å². The Labute approximate surface area is 87.5 Å². The van der Waals surface area contributed by atoms with Crippen LogP contribution in [-0.2, 0) is 4.74 Å². The molecule has 1 aromatic carbocycles. The lowest BCUT2D eigenvalue weighted by Gasteiger charge is -2.40. The fourth-order valence-electron chi connectivity index (χ4n) is 1.69. The predicted molar refractivity (Wildman–Crippen MR) is 54.8 cm³/mol. The number of hydrogen-bond donors (Lipinski definition) is 0. The average Bonchev–Trinajstić information content (AvgIpc) is 2.18. The minimum absolute atomic E-state index is 0.217. The molecule has 1 aliphatic heterocycles. The Bertz CT molecular complexity index is 375. The van der Waals surface area contributed by atoms with Crippen LogP contribution in [0.5, 0.6) is 0 Å². The van der Waals surface area contributed by atoms with Gasteiger partial charge in [-0.05, 0) is 18.2 Å². The van der Waals surface area contributed by atoms with Crippen molar-refractivity contribution in [2.24, 2.45) is 0 Å². The molecule has 0 unspecified atom stereocenters. The first kappa shape index (κ1) is 10.1. The topological polar surface area (TPSA) is 29.5 Å². The van der Waals surface area contributed by atoms with Crippen LogP contribution >= 0.6 is 0 Å². The minimum Gasteiger partial charge on any atom is -0.378 e. The second-order valence-corrected chi connectivity index (χ2v) is 3.58. The number of ether oxygens (including phenoxy) is 1. The van der Waals surface area contributed by atoms with Crippen molar-refractivity contribution < 1.29 is 13.9 Å². The number of hydrogen-bond acceptors (Lipinski definition) is 3. The number of carbonyl (C=O) groups excluding carboxylic acids is 1. The van der Waals surface area contributed by atoms with E-state index in [1.165, 1.54) is 12.1 Å². The van der Waals surface area contributed by atoms with Crippen LogP contribution in [0.2, 0.25) is 0 Å². The quantitative estimate of drug-likeness (QED) is 0.706. The summed E-state index contributed by atoms with van der Waals surface area (Å²) < 4.78 is 18.0. The molecule has 0 aliphatic carbocycles. The molecule has 1 aromatic rings. The molecule has 0 spiro atoms. The molecule has 4 heteroatoms. The largest absolute Gasteiger partial charge is 0.378 e. The maximum absolute atomic E-state index is 12.9. The van der Waals surface area contributed by atoms with Gasteiger partial charge in [-0.3, -0.25) is 4.79 Å². The number of rotatable bonds is 3. The molecule has 1 fully saturated rings. The van der Waals surface area contributed by atoms with Gasteiger partial charge in [0.25, 0.3) is 0 Å². The molecule has 80 valence electrons. The highest BCUT2D eigenvalue weighted by atomic mass is 19.1. The van der Waals surface area contributed by atoms with E-state index in [1.807, 2.05) is 4.90 Å². The maximum atomic E-state index is 12.9. The smallest absolute Gasteiger partial charge is 0.152 e. The van der Waals surface area contributed by atoms with E-state index in [0.29, 0.717) is 11.8 Å². The zero-order valence-electron chi connectivity index (χ0n) is 8.44. The van der Waals surface area contributed by atoms with Crippen molar-refractivity contribution in [1.29, 1.82) is 0 Å². The molecule has 3 nitrogen and oxygen atoms in total. The summed E-state index contributed by atoms with van der Waals surface area (Å²) >= 11 is 0. The summed E-state index contributed by atoms with van der Waals surface area (Å²) in [5.74, 6) is -0.385. The van der Waals surface area contributed by atoms with Gasteiger partial charge in [0.2, 0.25) is 0 Å². The molecular weight excluding hydrogens is 197 g/mol. The molecule has 1 saturated heterocycles. The van der Waals surface area contributed by atoms with E-state index < -0.39 is 0 Å². The van der Waals surface area contributed by atoms with Crippen LogP contribution in [0, 0.1) is 5.82 Å². The molecular formula is C11H12FNO2. The van der Waals surface area contributed by atoms with E-state index in [0.717, 1.165) is 18.8 Å². The standard InChI is InChI=1S/C11H12FNO2/c1-15-10-5-13(6-10)11-3-2-9(12)4-8(11)7-14/h2-4,7,10H,5-6H2,1H3. The van der Waals surface area contributed by atoms with Gasteiger partial charge in [0.15, 0.2) is 6.29 Å². The number of anilines is 1. The van der Waals surface area contributed by atoms with Crippen molar-refractivity contribution >= 4 is 12.0 Å². The Morgan fingerprint density at radius 2 is 2.27 bits per heavy atom. The van der Waals surface area contributed by atoms with E-state index in [9.17, 15) is 9.18 Å². The fraction of sp³-hybridized carbons (Fsp3) is 0.364. The van der Waals surface area contributed by atoms with Gasteiger partial charge in [-0.2, -0.15) is 0 Å². The Morgan fingerprint density at radius 3 is 2.87 bits per heavy atom. The van der Waals surface area contributed by atoms with Crippen molar-refractivity contribution in [3.63, 3.8) is 0 Å². The number of carbonyl (C=O) groups is 1. The van der Waals surface area contributed by atoms with Gasteiger partial charge in [-0.25, -0.2) is 4.39 Å². The first-order valence-corrected chi connectivity index (χ1v) is 4.77. The van der Waals surface area contributed by atoms with Gasteiger partial charge >= 0.3 is 0 Å². The molecule has 0 amide bonds. The first-order chi connectivity index (χ1) is 7.24. The van der Waals surface area contributed by atoms with Crippen LogP contribution in [0.25, 0.3) is 0 Å². The summed E-state index contributed by atoms with van der Waals surface area (Å²) in [4.78, 5) is 12.7. The highest BCUT2D eigenvalue weighted by Gasteiger charge is 2.27. The molecule has 0 atom stereocenters.